The van der Waals surface area contributed by atoms with Gasteiger partial charge in [-0.2, -0.15) is 9.40 Å². The number of nitrogens with one attached hydrogen (secondary N) is 1. The molecule has 29 heavy (non-hydrogen) atoms. The Kier molecular flexibility index (Phi) is 5.61. The van der Waals surface area contributed by atoms with Gasteiger partial charge in [0, 0.05) is 44.6 Å². The maximum absolute atomic E-state index is 12.7. The number of aromatic nitrogens is 3. The summed E-state index contributed by atoms with van der Waals surface area (Å²) in [5.41, 5.74) is 3.25. The summed E-state index contributed by atoms with van der Waals surface area (Å²) in [5.74, 6) is 0.623. The van der Waals surface area contributed by atoms with Crippen LogP contribution in [0.4, 0.5) is 5.82 Å². The summed E-state index contributed by atoms with van der Waals surface area (Å²) in [4.78, 5) is 4.47. The van der Waals surface area contributed by atoms with E-state index in [9.17, 15) is 8.42 Å². The van der Waals surface area contributed by atoms with Crippen molar-refractivity contribution in [3.8, 4) is 11.1 Å². The van der Waals surface area contributed by atoms with Crippen LogP contribution in [0.2, 0.25) is 0 Å². The van der Waals surface area contributed by atoms with E-state index >= 15 is 0 Å². The van der Waals surface area contributed by atoms with Gasteiger partial charge in [0.05, 0.1) is 19.4 Å². The summed E-state index contributed by atoms with van der Waals surface area (Å²) >= 11 is 0. The fourth-order valence-corrected chi connectivity index (χ4v) is 4.55. The molecule has 1 aliphatic rings. The van der Waals surface area contributed by atoms with Gasteiger partial charge in [-0.25, -0.2) is 13.4 Å². The number of morpholine rings is 1. The second-order valence-electron chi connectivity index (χ2n) is 6.85. The van der Waals surface area contributed by atoms with Crippen LogP contribution in [-0.4, -0.2) is 53.8 Å². The number of anilines is 1. The van der Waals surface area contributed by atoms with E-state index in [0.29, 0.717) is 38.7 Å². The quantitative estimate of drug-likeness (QED) is 0.666. The molecule has 3 heterocycles. The summed E-state index contributed by atoms with van der Waals surface area (Å²) in [7, 11) is -1.63. The Bertz CT molecular complexity index is 1070. The van der Waals surface area contributed by atoms with Gasteiger partial charge in [0.1, 0.15) is 10.7 Å². The van der Waals surface area contributed by atoms with E-state index in [1.807, 2.05) is 37.6 Å². The van der Waals surface area contributed by atoms with Crippen LogP contribution in [-0.2, 0) is 28.4 Å². The van der Waals surface area contributed by atoms with E-state index in [0.717, 1.165) is 16.7 Å². The zero-order chi connectivity index (χ0) is 20.3. The molecule has 2 aromatic heterocycles. The average molecular weight is 414 g/mol. The Balaban J connectivity index is 1.42. The van der Waals surface area contributed by atoms with Gasteiger partial charge >= 0.3 is 0 Å². The van der Waals surface area contributed by atoms with E-state index in [-0.39, 0.29) is 4.90 Å². The first kappa shape index (κ1) is 19.6. The van der Waals surface area contributed by atoms with E-state index in [2.05, 4.69) is 21.5 Å². The molecule has 9 heteroatoms. The molecule has 1 saturated heterocycles. The van der Waals surface area contributed by atoms with Crippen molar-refractivity contribution in [1.29, 1.82) is 0 Å². The van der Waals surface area contributed by atoms with E-state index < -0.39 is 10.0 Å². The number of hydrogen-bond donors (Lipinski definition) is 1. The zero-order valence-corrected chi connectivity index (χ0v) is 17.0. The van der Waals surface area contributed by atoms with Crippen LogP contribution in [0.1, 0.15) is 5.56 Å². The monoisotopic (exact) mass is 413 g/mol. The minimum atomic E-state index is -3.53. The van der Waals surface area contributed by atoms with Crippen LogP contribution in [0, 0.1) is 0 Å². The summed E-state index contributed by atoms with van der Waals surface area (Å²) < 4.78 is 33.7. The topological polar surface area (TPSA) is 89.4 Å². The van der Waals surface area contributed by atoms with E-state index in [1.165, 1.54) is 10.5 Å². The van der Waals surface area contributed by atoms with E-state index in [1.54, 1.807) is 16.8 Å². The lowest BCUT2D eigenvalue weighted by Gasteiger charge is -2.25. The first-order chi connectivity index (χ1) is 14.0. The number of rotatable bonds is 6. The molecule has 0 radical (unpaired) electrons. The highest BCUT2D eigenvalue weighted by atomic mass is 32.2. The molecule has 0 amide bonds. The Morgan fingerprint density at radius 2 is 1.93 bits per heavy atom. The second kappa shape index (κ2) is 8.32. The molecule has 0 aliphatic carbocycles. The largest absolute Gasteiger partial charge is 0.379 e. The molecule has 0 spiro atoms. The van der Waals surface area contributed by atoms with Gasteiger partial charge in [-0.15, -0.1) is 0 Å². The minimum absolute atomic E-state index is 0.198. The minimum Gasteiger partial charge on any atom is -0.379 e. The van der Waals surface area contributed by atoms with Crippen molar-refractivity contribution in [2.75, 3.05) is 31.6 Å². The lowest BCUT2D eigenvalue weighted by atomic mass is 10.1. The maximum Gasteiger partial charge on any atom is 0.244 e. The summed E-state index contributed by atoms with van der Waals surface area (Å²) in [5, 5.41) is 7.45. The van der Waals surface area contributed by atoms with Gasteiger partial charge in [-0.1, -0.05) is 18.2 Å². The van der Waals surface area contributed by atoms with Gasteiger partial charge in [0.15, 0.2) is 0 Å². The van der Waals surface area contributed by atoms with Gasteiger partial charge in [0.25, 0.3) is 0 Å². The molecular weight excluding hydrogens is 390 g/mol. The third-order valence-electron chi connectivity index (χ3n) is 4.78. The smallest absolute Gasteiger partial charge is 0.244 e. The molecule has 0 bridgehead atoms. The summed E-state index contributed by atoms with van der Waals surface area (Å²) in [6, 6.07) is 11.5. The van der Waals surface area contributed by atoms with Gasteiger partial charge in [-0.05, 0) is 29.3 Å². The molecule has 8 nitrogen and oxygen atoms in total. The van der Waals surface area contributed by atoms with Crippen molar-refractivity contribution in [1.82, 2.24) is 19.1 Å². The Morgan fingerprint density at radius 1 is 1.10 bits per heavy atom. The fourth-order valence-electron chi connectivity index (χ4n) is 3.20. The Hall–Kier alpha value is -2.75. The molecule has 0 atom stereocenters. The van der Waals surface area contributed by atoms with Crippen molar-refractivity contribution in [2.45, 2.75) is 11.4 Å². The molecular formula is C20H23N5O3S. The molecule has 1 aliphatic heterocycles. The van der Waals surface area contributed by atoms with Crippen LogP contribution < -0.4 is 5.32 Å². The Morgan fingerprint density at radius 3 is 2.62 bits per heavy atom. The number of pyridine rings is 1. The van der Waals surface area contributed by atoms with Crippen LogP contribution in [0.5, 0.6) is 0 Å². The van der Waals surface area contributed by atoms with Crippen LogP contribution in [0.3, 0.4) is 0 Å². The highest BCUT2D eigenvalue weighted by Gasteiger charge is 2.26. The third-order valence-corrected chi connectivity index (χ3v) is 6.67. The fraction of sp³-hybridized carbons (Fsp3) is 0.300. The molecule has 3 aromatic rings. The van der Waals surface area contributed by atoms with E-state index in [4.69, 9.17) is 4.74 Å². The number of nitrogens with zero attached hydrogens (tertiary/aromatic N) is 4. The molecule has 4 rings (SSSR count). The second-order valence-corrected chi connectivity index (χ2v) is 8.79. The lowest BCUT2D eigenvalue weighted by molar-refractivity contribution is 0.0730. The van der Waals surface area contributed by atoms with Crippen LogP contribution in [0.25, 0.3) is 11.1 Å². The molecule has 152 valence electrons. The number of hydrogen-bond acceptors (Lipinski definition) is 6. The highest BCUT2D eigenvalue weighted by molar-refractivity contribution is 7.89. The lowest BCUT2D eigenvalue weighted by Crippen LogP contribution is -2.40. The van der Waals surface area contributed by atoms with Crippen LogP contribution in [0.15, 0.2) is 59.9 Å². The predicted octanol–water partition coefficient (Wildman–Crippen LogP) is 2.12. The van der Waals surface area contributed by atoms with Crippen molar-refractivity contribution in [2.24, 2.45) is 7.05 Å². The number of benzene rings is 1. The summed E-state index contributed by atoms with van der Waals surface area (Å²) in [6.45, 7) is 2.16. The SMILES string of the molecule is Cn1cc(-c2cccc(CNc3ccc(S(=O)(=O)N4CCOCC4)cn3)c2)cn1. The third kappa shape index (κ3) is 4.47. The van der Waals surface area contributed by atoms with Crippen molar-refractivity contribution < 1.29 is 13.2 Å². The van der Waals surface area contributed by atoms with Crippen molar-refractivity contribution >= 4 is 15.8 Å². The van der Waals surface area contributed by atoms with Gasteiger partial charge < -0.3 is 10.1 Å². The zero-order valence-electron chi connectivity index (χ0n) is 16.2. The molecule has 0 unspecified atom stereocenters. The maximum atomic E-state index is 12.7. The number of sulfonamides is 1. The van der Waals surface area contributed by atoms with Gasteiger partial charge in [0.2, 0.25) is 10.0 Å². The molecule has 0 saturated carbocycles. The van der Waals surface area contributed by atoms with Crippen LogP contribution >= 0.6 is 0 Å². The Labute approximate surface area is 170 Å². The predicted molar refractivity (Wildman–Crippen MR) is 110 cm³/mol. The molecule has 1 fully saturated rings. The highest BCUT2D eigenvalue weighted by Crippen LogP contribution is 2.21. The molecule has 1 N–H and O–H groups in total. The van der Waals surface area contributed by atoms with Gasteiger partial charge in [-0.3, -0.25) is 4.68 Å². The normalized spacial score (nSPS) is 15.3. The van der Waals surface area contributed by atoms with Crippen molar-refractivity contribution in [3.63, 3.8) is 0 Å². The summed E-state index contributed by atoms with van der Waals surface area (Å²) in [6.07, 6.45) is 5.21. The first-order valence-corrected chi connectivity index (χ1v) is 10.8. The van der Waals surface area contributed by atoms with Crippen molar-refractivity contribution in [3.05, 3.63) is 60.6 Å². The first-order valence-electron chi connectivity index (χ1n) is 9.38. The number of aryl methyl sites for hydroxylation is 1. The molecule has 1 aromatic carbocycles. The average Bonchev–Trinajstić information content (AvgIpc) is 3.20. The standard InChI is InChI=1S/C20H23N5O3S/c1-24-15-18(13-23-24)17-4-2-3-16(11-17)12-21-20-6-5-19(14-22-20)29(26,27)25-7-9-28-10-8-25/h2-6,11,13-15H,7-10,12H2,1H3,(H,21,22). The number of ether oxygens (including phenoxy) is 1.